The molecule has 1 N–H and O–H groups in total. The number of benzene rings is 1. The molecule has 0 spiro atoms. The Morgan fingerprint density at radius 3 is 2.74 bits per heavy atom. The lowest BCUT2D eigenvalue weighted by Crippen LogP contribution is -2.16. The Morgan fingerprint density at radius 2 is 2.00 bits per heavy atom. The van der Waals surface area contributed by atoms with E-state index in [9.17, 15) is 0 Å². The normalized spacial score (nSPS) is 14.4. The van der Waals surface area contributed by atoms with Gasteiger partial charge in [0.1, 0.15) is 5.75 Å². The standard InChI is InChI=1S/C15H15IN2O/c16-12-3-7-14(8-4-12)19-15-11(2-1-9-17-15)10-18-13-5-6-13/h1-4,7-9,13,18H,5-6,10H2. The summed E-state index contributed by atoms with van der Waals surface area (Å²) in [7, 11) is 0. The van der Waals surface area contributed by atoms with Gasteiger partial charge in [-0.15, -0.1) is 0 Å². The maximum atomic E-state index is 5.86. The van der Waals surface area contributed by atoms with Crippen molar-refractivity contribution < 1.29 is 4.74 Å². The van der Waals surface area contributed by atoms with E-state index in [0.29, 0.717) is 11.9 Å². The highest BCUT2D eigenvalue weighted by atomic mass is 127. The number of nitrogens with zero attached hydrogens (tertiary/aromatic N) is 1. The Bertz CT molecular complexity index is 552. The van der Waals surface area contributed by atoms with Crippen LogP contribution in [0.1, 0.15) is 18.4 Å². The van der Waals surface area contributed by atoms with Crippen molar-refractivity contribution in [2.24, 2.45) is 0 Å². The minimum absolute atomic E-state index is 0.686. The van der Waals surface area contributed by atoms with E-state index in [1.54, 1.807) is 6.20 Å². The molecule has 1 aliphatic rings. The lowest BCUT2D eigenvalue weighted by Gasteiger charge is -2.10. The van der Waals surface area contributed by atoms with Crippen molar-refractivity contribution in [2.75, 3.05) is 0 Å². The Kier molecular flexibility index (Phi) is 3.98. The molecule has 19 heavy (non-hydrogen) atoms. The molecule has 3 rings (SSSR count). The van der Waals surface area contributed by atoms with Crippen LogP contribution in [0.2, 0.25) is 0 Å². The molecule has 1 aromatic heterocycles. The van der Waals surface area contributed by atoms with E-state index in [2.05, 4.69) is 39.0 Å². The zero-order valence-corrected chi connectivity index (χ0v) is 12.6. The van der Waals surface area contributed by atoms with Crippen LogP contribution < -0.4 is 10.1 Å². The van der Waals surface area contributed by atoms with Gasteiger partial charge in [-0.25, -0.2) is 4.98 Å². The minimum atomic E-state index is 0.686. The fourth-order valence-corrected chi connectivity index (χ4v) is 2.17. The lowest BCUT2D eigenvalue weighted by atomic mass is 10.2. The van der Waals surface area contributed by atoms with Crippen LogP contribution in [0.5, 0.6) is 11.6 Å². The second-order valence-electron chi connectivity index (χ2n) is 4.68. The zero-order chi connectivity index (χ0) is 13.1. The Hall–Kier alpha value is -1.14. The van der Waals surface area contributed by atoms with Crippen LogP contribution in [-0.2, 0) is 6.54 Å². The molecule has 1 aromatic carbocycles. The van der Waals surface area contributed by atoms with Crippen LogP contribution in [0.25, 0.3) is 0 Å². The first-order valence-corrected chi connectivity index (χ1v) is 7.50. The molecule has 1 heterocycles. The van der Waals surface area contributed by atoms with E-state index < -0.39 is 0 Å². The van der Waals surface area contributed by atoms with Crippen molar-refractivity contribution >= 4 is 22.6 Å². The third kappa shape index (κ3) is 3.67. The first-order valence-electron chi connectivity index (χ1n) is 6.42. The van der Waals surface area contributed by atoms with Gasteiger partial charge in [0.2, 0.25) is 5.88 Å². The molecule has 1 fully saturated rings. The maximum absolute atomic E-state index is 5.86. The summed E-state index contributed by atoms with van der Waals surface area (Å²) >= 11 is 2.28. The SMILES string of the molecule is Ic1ccc(Oc2ncccc2CNC2CC2)cc1. The van der Waals surface area contributed by atoms with E-state index >= 15 is 0 Å². The lowest BCUT2D eigenvalue weighted by molar-refractivity contribution is 0.452. The summed E-state index contributed by atoms with van der Waals surface area (Å²) in [6.07, 6.45) is 4.34. The number of hydrogen-bond acceptors (Lipinski definition) is 3. The number of nitrogens with one attached hydrogen (secondary N) is 1. The summed E-state index contributed by atoms with van der Waals surface area (Å²) in [5, 5.41) is 3.49. The van der Waals surface area contributed by atoms with Gasteiger partial charge in [-0.05, 0) is 65.8 Å². The zero-order valence-electron chi connectivity index (χ0n) is 10.5. The van der Waals surface area contributed by atoms with Crippen molar-refractivity contribution in [3.05, 3.63) is 51.7 Å². The summed E-state index contributed by atoms with van der Waals surface area (Å²) in [5.74, 6) is 1.52. The molecule has 98 valence electrons. The smallest absolute Gasteiger partial charge is 0.223 e. The Labute approximate surface area is 126 Å². The van der Waals surface area contributed by atoms with Crippen LogP contribution in [-0.4, -0.2) is 11.0 Å². The Balaban J connectivity index is 1.73. The van der Waals surface area contributed by atoms with Gasteiger partial charge < -0.3 is 10.1 Å². The predicted octanol–water partition coefficient (Wildman–Crippen LogP) is 3.73. The molecule has 0 unspecified atom stereocenters. The van der Waals surface area contributed by atoms with E-state index in [1.807, 2.05) is 30.3 Å². The van der Waals surface area contributed by atoms with Gasteiger partial charge in [0.05, 0.1) is 0 Å². The van der Waals surface area contributed by atoms with Crippen molar-refractivity contribution in [1.29, 1.82) is 0 Å². The van der Waals surface area contributed by atoms with Gasteiger partial charge in [0.25, 0.3) is 0 Å². The molecule has 2 aromatic rings. The molecule has 4 heteroatoms. The van der Waals surface area contributed by atoms with Crippen molar-refractivity contribution in [1.82, 2.24) is 10.3 Å². The molecule has 0 radical (unpaired) electrons. The molecular weight excluding hydrogens is 351 g/mol. The molecule has 0 aliphatic heterocycles. The fourth-order valence-electron chi connectivity index (χ4n) is 1.81. The van der Waals surface area contributed by atoms with Gasteiger partial charge in [0, 0.05) is 27.9 Å². The second-order valence-corrected chi connectivity index (χ2v) is 5.92. The minimum Gasteiger partial charge on any atom is -0.439 e. The highest BCUT2D eigenvalue weighted by Gasteiger charge is 2.20. The first kappa shape index (κ1) is 12.9. The van der Waals surface area contributed by atoms with E-state index in [4.69, 9.17) is 4.74 Å². The van der Waals surface area contributed by atoms with E-state index in [-0.39, 0.29) is 0 Å². The Morgan fingerprint density at radius 1 is 1.21 bits per heavy atom. The van der Waals surface area contributed by atoms with Crippen LogP contribution in [0.4, 0.5) is 0 Å². The van der Waals surface area contributed by atoms with E-state index in [1.165, 1.54) is 16.4 Å². The number of halogens is 1. The topological polar surface area (TPSA) is 34.1 Å². The quantitative estimate of drug-likeness (QED) is 0.819. The third-order valence-electron chi connectivity index (χ3n) is 3.04. The summed E-state index contributed by atoms with van der Waals surface area (Å²) < 4.78 is 7.06. The van der Waals surface area contributed by atoms with Gasteiger partial charge in [-0.1, -0.05) is 6.07 Å². The number of ether oxygens (including phenoxy) is 1. The molecule has 0 amide bonds. The average molecular weight is 366 g/mol. The largest absolute Gasteiger partial charge is 0.439 e. The van der Waals surface area contributed by atoms with Crippen molar-refractivity contribution in [3.63, 3.8) is 0 Å². The summed E-state index contributed by atoms with van der Waals surface area (Å²) in [5.41, 5.74) is 1.10. The van der Waals surface area contributed by atoms with Gasteiger partial charge >= 0.3 is 0 Å². The molecule has 0 bridgehead atoms. The van der Waals surface area contributed by atoms with Crippen molar-refractivity contribution in [3.8, 4) is 11.6 Å². The second kappa shape index (κ2) is 5.88. The highest BCUT2D eigenvalue weighted by molar-refractivity contribution is 14.1. The van der Waals surface area contributed by atoms with Gasteiger partial charge in [0.15, 0.2) is 0 Å². The summed E-state index contributed by atoms with van der Waals surface area (Å²) in [6, 6.07) is 12.7. The number of pyridine rings is 1. The number of hydrogen-bond donors (Lipinski definition) is 1. The maximum Gasteiger partial charge on any atom is 0.223 e. The predicted molar refractivity (Wildman–Crippen MR) is 83.3 cm³/mol. The monoisotopic (exact) mass is 366 g/mol. The van der Waals surface area contributed by atoms with Crippen molar-refractivity contribution in [2.45, 2.75) is 25.4 Å². The van der Waals surface area contributed by atoms with Crippen LogP contribution in [0.3, 0.4) is 0 Å². The van der Waals surface area contributed by atoms with Crippen LogP contribution >= 0.6 is 22.6 Å². The fraction of sp³-hybridized carbons (Fsp3) is 0.267. The molecule has 1 saturated carbocycles. The van der Waals surface area contributed by atoms with Gasteiger partial charge in [-0.3, -0.25) is 0 Å². The average Bonchev–Trinajstić information content (AvgIpc) is 3.25. The highest BCUT2D eigenvalue weighted by Crippen LogP contribution is 2.25. The molecule has 3 nitrogen and oxygen atoms in total. The molecule has 0 atom stereocenters. The van der Waals surface area contributed by atoms with Gasteiger partial charge in [-0.2, -0.15) is 0 Å². The molecular formula is C15H15IN2O. The number of rotatable bonds is 5. The summed E-state index contributed by atoms with van der Waals surface area (Å²) in [4.78, 5) is 4.33. The third-order valence-corrected chi connectivity index (χ3v) is 3.76. The van der Waals surface area contributed by atoms with E-state index in [0.717, 1.165) is 17.9 Å². The summed E-state index contributed by atoms with van der Waals surface area (Å²) in [6.45, 7) is 0.818. The first-order chi connectivity index (χ1) is 9.31. The number of aromatic nitrogens is 1. The molecule has 1 aliphatic carbocycles. The van der Waals surface area contributed by atoms with Crippen LogP contribution in [0, 0.1) is 3.57 Å². The molecule has 0 saturated heterocycles. The van der Waals surface area contributed by atoms with Crippen LogP contribution in [0.15, 0.2) is 42.6 Å².